The van der Waals surface area contributed by atoms with E-state index in [0.29, 0.717) is 31.3 Å². The molecule has 0 amide bonds. The zero-order chi connectivity index (χ0) is 20.9. The normalized spacial score (nSPS) is 20.3. The minimum absolute atomic E-state index is 0.0224. The van der Waals surface area contributed by atoms with Crippen LogP contribution < -0.4 is 9.47 Å². The minimum Gasteiger partial charge on any atom is -0.493 e. The van der Waals surface area contributed by atoms with Gasteiger partial charge in [-0.2, -0.15) is 13.9 Å². The van der Waals surface area contributed by atoms with E-state index in [4.69, 9.17) is 9.47 Å². The lowest BCUT2D eigenvalue weighted by atomic mass is 9.89. The molecule has 1 aromatic heterocycles. The average molecular weight is 428 g/mol. The molecule has 1 unspecified atom stereocenters. The predicted octanol–water partition coefficient (Wildman–Crippen LogP) is 3.06. The minimum atomic E-state index is -3.17. The maximum absolute atomic E-state index is 12.2. The number of rotatable bonds is 8. The van der Waals surface area contributed by atoms with Crippen LogP contribution in [0.2, 0.25) is 0 Å². The largest absolute Gasteiger partial charge is 0.493 e. The van der Waals surface area contributed by atoms with Crippen LogP contribution in [-0.4, -0.2) is 50.9 Å². The van der Waals surface area contributed by atoms with E-state index in [1.54, 1.807) is 30.3 Å². The highest BCUT2D eigenvalue weighted by Gasteiger charge is 2.25. The third kappa shape index (κ3) is 6.53. The Kier molecular flexibility index (Phi) is 6.86. The van der Waals surface area contributed by atoms with Gasteiger partial charge >= 0.3 is 6.61 Å². The first-order valence-electron chi connectivity index (χ1n) is 8.99. The number of sulfone groups is 1. The van der Waals surface area contributed by atoms with E-state index < -0.39 is 16.4 Å². The highest BCUT2D eigenvalue weighted by atomic mass is 32.2. The van der Waals surface area contributed by atoms with Crippen molar-refractivity contribution < 1.29 is 31.4 Å². The highest BCUT2D eigenvalue weighted by molar-refractivity contribution is 7.93. The van der Waals surface area contributed by atoms with E-state index in [2.05, 4.69) is 9.84 Å². The van der Waals surface area contributed by atoms with Gasteiger partial charge < -0.3 is 14.2 Å². The van der Waals surface area contributed by atoms with Crippen molar-refractivity contribution in [3.63, 3.8) is 0 Å². The van der Waals surface area contributed by atoms with E-state index in [0.717, 1.165) is 12.7 Å². The lowest BCUT2D eigenvalue weighted by Gasteiger charge is -2.29. The second-order valence-electron chi connectivity index (χ2n) is 6.75. The summed E-state index contributed by atoms with van der Waals surface area (Å²) in [6.45, 7) is -1.43. The molecule has 0 spiro atoms. The van der Waals surface area contributed by atoms with E-state index in [-0.39, 0.29) is 17.6 Å². The third-order valence-electron chi connectivity index (χ3n) is 4.46. The van der Waals surface area contributed by atoms with Crippen molar-refractivity contribution in [2.75, 3.05) is 26.1 Å². The molecule has 1 aromatic carbocycles. The van der Waals surface area contributed by atoms with Gasteiger partial charge in [-0.3, -0.25) is 0 Å². The third-order valence-corrected chi connectivity index (χ3v) is 5.11. The predicted molar refractivity (Wildman–Crippen MR) is 102 cm³/mol. The quantitative estimate of drug-likeness (QED) is 0.643. The Morgan fingerprint density at radius 2 is 2.07 bits per heavy atom. The maximum Gasteiger partial charge on any atom is 0.387 e. The summed E-state index contributed by atoms with van der Waals surface area (Å²) in [7, 11) is -3.17. The number of benzene rings is 1. The van der Waals surface area contributed by atoms with Crippen LogP contribution in [-0.2, 0) is 14.6 Å². The molecule has 29 heavy (non-hydrogen) atoms. The van der Waals surface area contributed by atoms with Crippen LogP contribution >= 0.6 is 0 Å². The van der Waals surface area contributed by atoms with E-state index in [1.807, 2.05) is 0 Å². The molecule has 10 heteroatoms. The Balaban J connectivity index is 1.59. The van der Waals surface area contributed by atoms with Gasteiger partial charge in [-0.05, 0) is 36.6 Å². The van der Waals surface area contributed by atoms with Crippen LogP contribution in [0.15, 0.2) is 48.1 Å². The van der Waals surface area contributed by atoms with Gasteiger partial charge in [-0.25, -0.2) is 13.1 Å². The van der Waals surface area contributed by atoms with Crippen molar-refractivity contribution in [2.24, 2.45) is 11.8 Å². The molecule has 2 aromatic rings. The Labute approximate surface area is 167 Å². The first-order chi connectivity index (χ1) is 13.8. The van der Waals surface area contributed by atoms with Crippen LogP contribution in [0.4, 0.5) is 8.78 Å². The summed E-state index contributed by atoms with van der Waals surface area (Å²) >= 11 is 0. The summed E-state index contributed by atoms with van der Waals surface area (Å²) in [5, 5.41) is 5.22. The van der Waals surface area contributed by atoms with Gasteiger partial charge in [0.25, 0.3) is 0 Å². The fraction of sp³-hybridized carbons (Fsp3) is 0.421. The molecule has 0 N–H and O–H groups in total. The molecule has 158 valence electrons. The molecule has 2 atom stereocenters. The zero-order valence-electron chi connectivity index (χ0n) is 15.8. The zero-order valence-corrected chi connectivity index (χ0v) is 16.6. The molecular formula is C19H22F2N2O5S. The Hall–Kier alpha value is -2.46. The fourth-order valence-electron chi connectivity index (χ4n) is 2.99. The summed E-state index contributed by atoms with van der Waals surface area (Å²) in [6.07, 6.45) is 6.19. The van der Waals surface area contributed by atoms with Gasteiger partial charge in [0.15, 0.2) is 15.6 Å². The van der Waals surface area contributed by atoms with Gasteiger partial charge in [0.2, 0.25) is 0 Å². The molecule has 7 nitrogen and oxygen atoms in total. The van der Waals surface area contributed by atoms with Crippen LogP contribution in [0, 0.1) is 11.8 Å². The summed E-state index contributed by atoms with van der Waals surface area (Å²) in [4.78, 5) is 0. The topological polar surface area (TPSA) is 79.7 Å². The smallest absolute Gasteiger partial charge is 0.387 e. The molecule has 0 bridgehead atoms. The maximum atomic E-state index is 12.2. The van der Waals surface area contributed by atoms with Gasteiger partial charge in [0.05, 0.1) is 31.3 Å². The molecule has 3 rings (SSSR count). The van der Waals surface area contributed by atoms with E-state index >= 15 is 0 Å². The number of hydrogen-bond donors (Lipinski definition) is 0. The van der Waals surface area contributed by atoms with Gasteiger partial charge in [-0.1, -0.05) is 6.08 Å². The molecule has 2 heterocycles. The molecule has 1 aliphatic rings. The molecule has 0 aliphatic carbocycles. The molecule has 1 fully saturated rings. The summed E-state index contributed by atoms with van der Waals surface area (Å²) in [5.74, 6) is 0.712. The van der Waals surface area contributed by atoms with Crippen molar-refractivity contribution in [1.82, 2.24) is 9.78 Å². The van der Waals surface area contributed by atoms with Crippen molar-refractivity contribution in [3.05, 3.63) is 48.1 Å². The van der Waals surface area contributed by atoms with Crippen molar-refractivity contribution in [3.8, 4) is 17.2 Å². The number of allylic oxidation sites excluding steroid dienone is 1. The monoisotopic (exact) mass is 428 g/mol. The molecule has 0 saturated carbocycles. The molecule has 1 saturated heterocycles. The number of aromatic nitrogens is 2. The first-order valence-corrected chi connectivity index (χ1v) is 10.9. The van der Waals surface area contributed by atoms with E-state index in [9.17, 15) is 17.2 Å². The van der Waals surface area contributed by atoms with Gasteiger partial charge in [-0.15, -0.1) is 0 Å². The number of alkyl halides is 2. The Morgan fingerprint density at radius 3 is 2.76 bits per heavy atom. The summed E-state index contributed by atoms with van der Waals surface area (Å²) < 4.78 is 64.3. The summed E-state index contributed by atoms with van der Waals surface area (Å²) in [6, 6.07) is 6.98. The SMILES string of the molecule is CS(=O)(=O)/C=C\C1CCOC[C@@H]1COc1ccc(-n2cc(OC(F)F)cn2)cc1. The van der Waals surface area contributed by atoms with Crippen LogP contribution in [0.5, 0.6) is 11.5 Å². The summed E-state index contributed by atoms with van der Waals surface area (Å²) in [5.41, 5.74) is 0.663. The molecule has 1 aliphatic heterocycles. The Morgan fingerprint density at radius 1 is 1.31 bits per heavy atom. The number of nitrogens with zero attached hydrogens (tertiary/aromatic N) is 2. The van der Waals surface area contributed by atoms with Crippen molar-refractivity contribution >= 4 is 9.84 Å². The standard InChI is InChI=1S/C19H22F2N2O5S/c1-29(24,25)9-7-14-6-8-26-12-15(14)13-27-17-4-2-16(3-5-17)23-11-18(10-22-23)28-19(20)21/h2-5,7,9-11,14-15,19H,6,8,12-13H2,1H3/b9-7-/t14?,15-/m1/s1. The van der Waals surface area contributed by atoms with Crippen LogP contribution in [0.1, 0.15) is 6.42 Å². The molecular weight excluding hydrogens is 406 g/mol. The van der Waals surface area contributed by atoms with Crippen LogP contribution in [0.3, 0.4) is 0 Å². The number of ether oxygens (including phenoxy) is 3. The second-order valence-corrected chi connectivity index (χ2v) is 8.68. The average Bonchev–Trinajstić information content (AvgIpc) is 3.13. The van der Waals surface area contributed by atoms with E-state index in [1.165, 1.54) is 22.5 Å². The van der Waals surface area contributed by atoms with Crippen LogP contribution in [0.25, 0.3) is 5.69 Å². The fourth-order valence-corrected chi connectivity index (χ4v) is 3.48. The number of halogens is 2. The van der Waals surface area contributed by atoms with Crippen molar-refractivity contribution in [1.29, 1.82) is 0 Å². The molecule has 0 radical (unpaired) electrons. The van der Waals surface area contributed by atoms with Gasteiger partial charge in [0, 0.05) is 24.2 Å². The second kappa shape index (κ2) is 9.36. The lowest BCUT2D eigenvalue weighted by molar-refractivity contribution is -0.0498. The first kappa shape index (κ1) is 21.3. The van der Waals surface area contributed by atoms with Gasteiger partial charge in [0.1, 0.15) is 5.75 Å². The van der Waals surface area contributed by atoms with Crippen molar-refractivity contribution in [2.45, 2.75) is 13.0 Å². The number of hydrogen-bond acceptors (Lipinski definition) is 6. The lowest BCUT2D eigenvalue weighted by Crippen LogP contribution is -2.31. The Bertz CT molecular complexity index is 928. The highest BCUT2D eigenvalue weighted by Crippen LogP contribution is 2.25.